The van der Waals surface area contributed by atoms with Crippen LogP contribution in [0.5, 0.6) is 0 Å². The second-order valence-corrected chi connectivity index (χ2v) is 3.10. The summed E-state index contributed by atoms with van der Waals surface area (Å²) in [5, 5.41) is 9.04. The van der Waals surface area contributed by atoms with Crippen LogP contribution in [0.1, 0.15) is 13.8 Å². The third-order valence-corrected chi connectivity index (χ3v) is 2.70. The summed E-state index contributed by atoms with van der Waals surface area (Å²) in [5.41, 5.74) is 0. The van der Waals surface area contributed by atoms with Crippen LogP contribution < -0.4 is 24.0 Å². The van der Waals surface area contributed by atoms with Crippen LogP contribution in [0.4, 0.5) is 0 Å². The van der Waals surface area contributed by atoms with Gasteiger partial charge in [-0.2, -0.15) is 0 Å². The first-order valence-corrected chi connectivity index (χ1v) is 4.22. The molecule has 1 N–H and O–H groups in total. The van der Waals surface area contributed by atoms with Gasteiger partial charge in [0.25, 0.3) is 0 Å². The van der Waals surface area contributed by atoms with Gasteiger partial charge in [0.15, 0.2) is 0 Å². The molecule has 0 bridgehead atoms. The second kappa shape index (κ2) is 6.86. The van der Waals surface area contributed by atoms with E-state index in [9.17, 15) is 0 Å². The molecule has 2 nitrogen and oxygen atoms in total. The van der Waals surface area contributed by atoms with E-state index in [0.717, 1.165) is 17.6 Å². The fraction of sp³-hybridized carbons (Fsp3) is 0.778. The summed E-state index contributed by atoms with van der Waals surface area (Å²) in [4.78, 5) is 0. The molecule has 0 saturated heterocycles. The van der Waals surface area contributed by atoms with Crippen molar-refractivity contribution in [3.8, 4) is 0 Å². The predicted octanol–water partition coefficient (Wildman–Crippen LogP) is -1.98. The van der Waals surface area contributed by atoms with Crippen LogP contribution in [0.15, 0.2) is 12.7 Å². The summed E-state index contributed by atoms with van der Waals surface area (Å²) in [5.74, 6) is 0. The van der Waals surface area contributed by atoms with Gasteiger partial charge in [-0.15, -0.1) is 0 Å². The first-order chi connectivity index (χ1) is 5.14. The highest BCUT2D eigenvalue weighted by Crippen LogP contribution is 2.09. The summed E-state index contributed by atoms with van der Waals surface area (Å²) in [6.45, 7) is 10.3. The molecule has 74 valence electrons. The monoisotopic (exact) mass is 285 g/mol. The number of aliphatic hydroxyl groups is 1. The Bertz CT molecular complexity index is 124. The van der Waals surface area contributed by atoms with Gasteiger partial charge < -0.3 is 33.6 Å². The Morgan fingerprint density at radius 3 is 1.92 bits per heavy atom. The van der Waals surface area contributed by atoms with E-state index in [2.05, 4.69) is 27.5 Å². The van der Waals surface area contributed by atoms with Crippen LogP contribution in [0, 0.1) is 0 Å². The number of halogens is 1. The zero-order chi connectivity index (χ0) is 8.91. The van der Waals surface area contributed by atoms with E-state index in [1.165, 1.54) is 0 Å². The Balaban J connectivity index is 0. The Hall–Kier alpha value is 0.390. The third kappa shape index (κ3) is 3.41. The van der Waals surface area contributed by atoms with Crippen LogP contribution in [0.3, 0.4) is 0 Å². The van der Waals surface area contributed by atoms with Gasteiger partial charge >= 0.3 is 0 Å². The molecule has 0 aliphatic rings. The Morgan fingerprint density at radius 2 is 1.83 bits per heavy atom. The summed E-state index contributed by atoms with van der Waals surface area (Å²) in [6.07, 6.45) is 1.84. The van der Waals surface area contributed by atoms with Crippen LogP contribution in [-0.2, 0) is 0 Å². The summed E-state index contributed by atoms with van der Waals surface area (Å²) < 4.78 is 0.875. The highest BCUT2D eigenvalue weighted by atomic mass is 127. The van der Waals surface area contributed by atoms with Crippen LogP contribution in [-0.4, -0.2) is 42.4 Å². The molecule has 0 aliphatic heterocycles. The number of aliphatic hydroxyl groups excluding tert-OH is 1. The Morgan fingerprint density at radius 1 is 1.42 bits per heavy atom. The quantitative estimate of drug-likeness (QED) is 0.353. The van der Waals surface area contributed by atoms with Crippen molar-refractivity contribution in [2.45, 2.75) is 19.9 Å². The lowest BCUT2D eigenvalue weighted by atomic mass is 10.2. The Labute approximate surface area is 92.9 Å². The number of rotatable bonds is 5. The molecule has 0 aromatic rings. The highest BCUT2D eigenvalue weighted by molar-refractivity contribution is 4.79. The minimum Gasteiger partial charge on any atom is -1.00 e. The lowest BCUT2D eigenvalue weighted by Gasteiger charge is -2.37. The van der Waals surface area contributed by atoms with E-state index in [1.54, 1.807) is 0 Å². The summed E-state index contributed by atoms with van der Waals surface area (Å²) in [6, 6.07) is 0.185. The molecule has 1 atom stereocenters. The molecule has 0 heterocycles. The molecule has 0 aromatic heterocycles. The van der Waals surface area contributed by atoms with Crippen molar-refractivity contribution in [2.75, 3.05) is 26.7 Å². The molecular formula is C9H20INO. The smallest absolute Gasteiger partial charge is 0.131 e. The average Bonchev–Trinajstić information content (AvgIpc) is 2.06. The highest BCUT2D eigenvalue weighted by Gasteiger charge is 2.25. The number of quaternary nitrogens is 1. The van der Waals surface area contributed by atoms with E-state index >= 15 is 0 Å². The average molecular weight is 285 g/mol. The van der Waals surface area contributed by atoms with Crippen molar-refractivity contribution in [1.82, 2.24) is 0 Å². The normalized spacial score (nSPS) is 13.3. The topological polar surface area (TPSA) is 20.2 Å². The van der Waals surface area contributed by atoms with Crippen molar-refractivity contribution in [3.05, 3.63) is 12.7 Å². The third-order valence-electron chi connectivity index (χ3n) is 2.70. The molecule has 0 spiro atoms. The molecule has 0 rings (SSSR count). The van der Waals surface area contributed by atoms with E-state index in [0.29, 0.717) is 0 Å². The predicted molar refractivity (Wildman–Crippen MR) is 48.3 cm³/mol. The molecule has 1 unspecified atom stereocenters. The van der Waals surface area contributed by atoms with Gasteiger partial charge in [0, 0.05) is 0 Å². The van der Waals surface area contributed by atoms with Crippen molar-refractivity contribution >= 4 is 0 Å². The zero-order valence-electron chi connectivity index (χ0n) is 8.26. The SMILES string of the molecule is C=CC(CO)[N+](C)(CC)CC.[I-]. The largest absolute Gasteiger partial charge is 1.00 e. The minimum absolute atomic E-state index is 0. The van der Waals surface area contributed by atoms with Gasteiger partial charge in [-0.25, -0.2) is 0 Å². The molecule has 0 saturated carbocycles. The molecule has 12 heavy (non-hydrogen) atoms. The van der Waals surface area contributed by atoms with Crippen molar-refractivity contribution in [1.29, 1.82) is 0 Å². The van der Waals surface area contributed by atoms with Crippen LogP contribution in [0.2, 0.25) is 0 Å². The molecule has 0 fully saturated rings. The fourth-order valence-electron chi connectivity index (χ4n) is 1.22. The zero-order valence-corrected chi connectivity index (χ0v) is 10.4. The molecule has 0 aromatic carbocycles. The molecule has 0 aliphatic carbocycles. The Kier molecular flexibility index (Phi) is 8.51. The lowest BCUT2D eigenvalue weighted by molar-refractivity contribution is -0.924. The standard InChI is InChI=1S/C9H20NO.HI/c1-5-9(8-11)10(4,6-2)7-3;/h5,9,11H,1,6-8H2,2-4H3;1H/q+1;/p-1. The fourth-order valence-corrected chi connectivity index (χ4v) is 1.22. The maximum Gasteiger partial charge on any atom is 0.131 e. The maximum absolute atomic E-state index is 9.04. The van der Waals surface area contributed by atoms with Crippen LogP contribution in [0.25, 0.3) is 0 Å². The van der Waals surface area contributed by atoms with Gasteiger partial charge in [0.05, 0.1) is 26.7 Å². The van der Waals surface area contributed by atoms with E-state index in [4.69, 9.17) is 5.11 Å². The van der Waals surface area contributed by atoms with E-state index in [-0.39, 0.29) is 36.6 Å². The number of hydrogen-bond donors (Lipinski definition) is 1. The summed E-state index contributed by atoms with van der Waals surface area (Å²) in [7, 11) is 2.14. The minimum atomic E-state index is 0. The number of hydrogen-bond acceptors (Lipinski definition) is 1. The van der Waals surface area contributed by atoms with Gasteiger partial charge in [-0.05, 0) is 19.9 Å². The lowest BCUT2D eigenvalue weighted by Crippen LogP contribution is -3.00. The second-order valence-electron chi connectivity index (χ2n) is 3.10. The first-order valence-electron chi connectivity index (χ1n) is 4.22. The van der Waals surface area contributed by atoms with Crippen molar-refractivity contribution < 1.29 is 33.6 Å². The van der Waals surface area contributed by atoms with Crippen molar-refractivity contribution in [3.63, 3.8) is 0 Å². The van der Waals surface area contributed by atoms with Gasteiger partial charge in [-0.3, -0.25) is 0 Å². The van der Waals surface area contributed by atoms with Crippen molar-refractivity contribution in [2.24, 2.45) is 0 Å². The molecule has 0 amide bonds. The summed E-state index contributed by atoms with van der Waals surface area (Å²) >= 11 is 0. The molecule has 3 heteroatoms. The maximum atomic E-state index is 9.04. The molecule has 0 radical (unpaired) electrons. The van der Waals surface area contributed by atoms with Crippen LogP contribution >= 0.6 is 0 Å². The van der Waals surface area contributed by atoms with Gasteiger partial charge in [0.2, 0.25) is 0 Å². The van der Waals surface area contributed by atoms with Gasteiger partial charge in [0.1, 0.15) is 6.04 Å². The first kappa shape index (κ1) is 14.9. The number of likely N-dealkylation sites (N-methyl/N-ethyl adjacent to an activating group) is 1. The van der Waals surface area contributed by atoms with E-state index in [1.807, 2.05) is 6.08 Å². The molecular weight excluding hydrogens is 265 g/mol. The number of nitrogens with zero attached hydrogens (tertiary/aromatic N) is 1. The van der Waals surface area contributed by atoms with E-state index < -0.39 is 0 Å². The van der Waals surface area contributed by atoms with Gasteiger partial charge in [-0.1, -0.05) is 6.58 Å².